The number of methoxy groups -OCH3 is 1. The zero-order valence-corrected chi connectivity index (χ0v) is 10.9. The summed E-state index contributed by atoms with van der Waals surface area (Å²) in [5.41, 5.74) is 0.0181. The molecule has 0 radical (unpaired) electrons. The van der Waals surface area contributed by atoms with Gasteiger partial charge in [-0.3, -0.25) is 4.72 Å². The van der Waals surface area contributed by atoms with E-state index in [4.69, 9.17) is 10.00 Å². The summed E-state index contributed by atoms with van der Waals surface area (Å²) < 4.78 is 30.7. The van der Waals surface area contributed by atoms with Crippen LogP contribution in [0.2, 0.25) is 0 Å². The highest BCUT2D eigenvalue weighted by Gasteiger charge is 2.24. The monoisotopic (exact) mass is 270 g/mol. The molecular formula is C11H14N2O4S. The Hall–Kier alpha value is -1.94. The van der Waals surface area contributed by atoms with E-state index >= 15 is 0 Å². The van der Waals surface area contributed by atoms with Crippen molar-refractivity contribution in [2.45, 2.75) is 18.6 Å². The molecule has 18 heavy (non-hydrogen) atoms. The van der Waals surface area contributed by atoms with Crippen molar-refractivity contribution in [3.63, 3.8) is 0 Å². The minimum atomic E-state index is -3.83. The van der Waals surface area contributed by atoms with Gasteiger partial charge in [0.25, 0.3) is 0 Å². The second-order valence-corrected chi connectivity index (χ2v) is 5.42. The van der Waals surface area contributed by atoms with Crippen molar-refractivity contribution in [1.29, 1.82) is 5.26 Å². The first-order valence-corrected chi connectivity index (χ1v) is 6.77. The first-order valence-electron chi connectivity index (χ1n) is 5.22. The number of hydrogen-bond acceptors (Lipinski definition) is 5. The van der Waals surface area contributed by atoms with Gasteiger partial charge in [0.15, 0.2) is 5.25 Å². The molecule has 0 heterocycles. The molecule has 0 spiro atoms. The number of anilines is 1. The lowest BCUT2D eigenvalue weighted by atomic mass is 10.3. The molecule has 1 rings (SSSR count). The van der Waals surface area contributed by atoms with E-state index in [-0.39, 0.29) is 17.9 Å². The average molecular weight is 270 g/mol. The summed E-state index contributed by atoms with van der Waals surface area (Å²) in [6.45, 7) is 1.60. The molecule has 0 aliphatic rings. The number of nitriles is 1. The predicted molar refractivity (Wildman–Crippen MR) is 66.9 cm³/mol. The van der Waals surface area contributed by atoms with Gasteiger partial charge >= 0.3 is 0 Å². The molecule has 1 aromatic rings. The average Bonchev–Trinajstić information content (AvgIpc) is 2.32. The number of ether oxygens (including phenoxy) is 1. The first kappa shape index (κ1) is 14.1. The molecule has 0 aromatic heterocycles. The van der Waals surface area contributed by atoms with E-state index in [0.29, 0.717) is 5.75 Å². The highest BCUT2D eigenvalue weighted by Crippen LogP contribution is 2.29. The second kappa shape index (κ2) is 5.60. The number of benzene rings is 1. The van der Waals surface area contributed by atoms with Crippen LogP contribution in [0.15, 0.2) is 18.2 Å². The third kappa shape index (κ3) is 3.05. The number of rotatable bonds is 5. The molecule has 0 fully saturated rings. The summed E-state index contributed by atoms with van der Waals surface area (Å²) in [6, 6.07) is 5.86. The molecule has 0 aliphatic carbocycles. The van der Waals surface area contributed by atoms with Gasteiger partial charge in [0.1, 0.15) is 11.5 Å². The Kier molecular flexibility index (Phi) is 4.39. The molecule has 6 nitrogen and oxygen atoms in total. The lowest BCUT2D eigenvalue weighted by Crippen LogP contribution is -2.25. The molecular weight excluding hydrogens is 256 g/mol. The van der Waals surface area contributed by atoms with Gasteiger partial charge in [-0.2, -0.15) is 5.26 Å². The molecule has 0 amide bonds. The van der Waals surface area contributed by atoms with E-state index in [2.05, 4.69) is 4.72 Å². The van der Waals surface area contributed by atoms with Gasteiger partial charge < -0.3 is 9.84 Å². The topological polar surface area (TPSA) is 99.4 Å². The van der Waals surface area contributed by atoms with Crippen LogP contribution in [0.1, 0.15) is 13.3 Å². The number of nitrogens with zero attached hydrogens (tertiary/aromatic N) is 1. The zero-order valence-electron chi connectivity index (χ0n) is 10.0. The van der Waals surface area contributed by atoms with Gasteiger partial charge in [0.2, 0.25) is 10.0 Å². The summed E-state index contributed by atoms with van der Waals surface area (Å²) in [5.74, 6) is 0.147. The Balaban J connectivity index is 3.02. The molecule has 0 saturated carbocycles. The second-order valence-electron chi connectivity index (χ2n) is 3.56. The molecule has 0 saturated heterocycles. The lowest BCUT2D eigenvalue weighted by Gasteiger charge is -2.12. The Labute approximate surface area is 106 Å². The van der Waals surface area contributed by atoms with Crippen molar-refractivity contribution in [2.24, 2.45) is 0 Å². The van der Waals surface area contributed by atoms with Crippen LogP contribution in [0.5, 0.6) is 11.5 Å². The van der Waals surface area contributed by atoms with E-state index in [9.17, 15) is 13.5 Å². The SMILES string of the molecule is CCC(C#N)S(=O)(=O)Nc1ccc(OC)cc1O. The van der Waals surface area contributed by atoms with Crippen molar-refractivity contribution in [3.05, 3.63) is 18.2 Å². The van der Waals surface area contributed by atoms with E-state index < -0.39 is 15.3 Å². The Morgan fingerprint density at radius 3 is 2.67 bits per heavy atom. The van der Waals surface area contributed by atoms with E-state index in [1.165, 1.54) is 25.3 Å². The fourth-order valence-corrected chi connectivity index (χ4v) is 2.53. The number of hydrogen-bond donors (Lipinski definition) is 2. The Morgan fingerprint density at radius 2 is 2.22 bits per heavy atom. The summed E-state index contributed by atoms with van der Waals surface area (Å²) in [6.07, 6.45) is 0.169. The van der Waals surface area contributed by atoms with Crippen LogP contribution >= 0.6 is 0 Å². The molecule has 7 heteroatoms. The number of aromatic hydroxyl groups is 1. The highest BCUT2D eigenvalue weighted by atomic mass is 32.2. The van der Waals surface area contributed by atoms with E-state index in [1.807, 2.05) is 0 Å². The first-order chi connectivity index (χ1) is 8.44. The maximum absolute atomic E-state index is 11.8. The number of nitrogens with one attached hydrogen (secondary N) is 1. The molecule has 1 aromatic carbocycles. The van der Waals surface area contributed by atoms with E-state index in [0.717, 1.165) is 0 Å². The maximum Gasteiger partial charge on any atom is 0.249 e. The quantitative estimate of drug-likeness (QED) is 0.789. The summed E-state index contributed by atoms with van der Waals surface area (Å²) in [5, 5.41) is 17.2. The summed E-state index contributed by atoms with van der Waals surface area (Å²) >= 11 is 0. The largest absolute Gasteiger partial charge is 0.506 e. The maximum atomic E-state index is 11.8. The molecule has 1 unspecified atom stereocenters. The fraction of sp³-hybridized carbons (Fsp3) is 0.364. The normalized spacial score (nSPS) is 12.5. The number of phenols is 1. The van der Waals surface area contributed by atoms with Crippen LogP contribution in [0.25, 0.3) is 0 Å². The third-order valence-electron chi connectivity index (χ3n) is 2.35. The van der Waals surface area contributed by atoms with Gasteiger partial charge in [-0.15, -0.1) is 0 Å². The zero-order chi connectivity index (χ0) is 13.8. The molecule has 2 N–H and O–H groups in total. The van der Waals surface area contributed by atoms with Crippen molar-refractivity contribution in [2.75, 3.05) is 11.8 Å². The standard InChI is InChI=1S/C11H14N2O4S/c1-3-9(7-12)18(15,16)13-10-5-4-8(17-2)6-11(10)14/h4-6,9,13-14H,3H2,1-2H3. The van der Waals surface area contributed by atoms with Crippen LogP contribution in [0, 0.1) is 11.3 Å². The van der Waals surface area contributed by atoms with Crippen molar-refractivity contribution in [3.8, 4) is 17.6 Å². The van der Waals surface area contributed by atoms with Crippen molar-refractivity contribution >= 4 is 15.7 Å². The predicted octanol–water partition coefficient (Wildman–Crippen LogP) is 1.44. The van der Waals surface area contributed by atoms with Gasteiger partial charge in [-0.25, -0.2) is 8.42 Å². The minimum absolute atomic E-state index is 0.0181. The smallest absolute Gasteiger partial charge is 0.249 e. The van der Waals surface area contributed by atoms with Crippen molar-refractivity contribution < 1.29 is 18.3 Å². The van der Waals surface area contributed by atoms with Crippen LogP contribution in [0.4, 0.5) is 5.69 Å². The minimum Gasteiger partial charge on any atom is -0.506 e. The molecule has 1 atom stereocenters. The van der Waals surface area contributed by atoms with Crippen LogP contribution in [-0.2, 0) is 10.0 Å². The Morgan fingerprint density at radius 1 is 1.56 bits per heavy atom. The number of sulfonamides is 1. The Bertz CT molecular complexity index is 563. The molecule has 98 valence electrons. The molecule has 0 bridgehead atoms. The number of phenolic OH excluding ortho intramolecular Hbond substituents is 1. The summed E-state index contributed by atoms with van der Waals surface area (Å²) in [7, 11) is -2.40. The van der Waals surface area contributed by atoms with Crippen LogP contribution < -0.4 is 9.46 Å². The third-order valence-corrected chi connectivity index (χ3v) is 4.04. The summed E-state index contributed by atoms with van der Waals surface area (Å²) in [4.78, 5) is 0. The van der Waals surface area contributed by atoms with Gasteiger partial charge in [0, 0.05) is 6.07 Å². The van der Waals surface area contributed by atoms with Crippen LogP contribution in [-0.4, -0.2) is 25.9 Å². The van der Waals surface area contributed by atoms with Crippen molar-refractivity contribution in [1.82, 2.24) is 0 Å². The van der Waals surface area contributed by atoms with Crippen LogP contribution in [0.3, 0.4) is 0 Å². The highest BCUT2D eigenvalue weighted by molar-refractivity contribution is 7.93. The van der Waals surface area contributed by atoms with Gasteiger partial charge in [0.05, 0.1) is 18.9 Å². The lowest BCUT2D eigenvalue weighted by molar-refractivity contribution is 0.408. The van der Waals surface area contributed by atoms with Gasteiger partial charge in [-0.05, 0) is 18.6 Å². The van der Waals surface area contributed by atoms with E-state index in [1.54, 1.807) is 13.0 Å². The van der Waals surface area contributed by atoms with Gasteiger partial charge in [-0.1, -0.05) is 6.92 Å². The molecule has 0 aliphatic heterocycles. The fourth-order valence-electron chi connectivity index (χ4n) is 1.33.